The summed E-state index contributed by atoms with van der Waals surface area (Å²) in [5.41, 5.74) is 8.21. The molecule has 156 valence electrons. The van der Waals surface area contributed by atoms with Gasteiger partial charge in [0, 0.05) is 17.3 Å². The summed E-state index contributed by atoms with van der Waals surface area (Å²) in [5.74, 6) is -0.189. The van der Waals surface area contributed by atoms with Crippen LogP contribution in [0.2, 0.25) is 5.02 Å². The van der Waals surface area contributed by atoms with Gasteiger partial charge in [-0.3, -0.25) is 9.59 Å². The summed E-state index contributed by atoms with van der Waals surface area (Å²) in [4.78, 5) is 24.7. The van der Waals surface area contributed by atoms with Crippen LogP contribution in [0.1, 0.15) is 21.6 Å². The Bertz CT molecular complexity index is 1080. The van der Waals surface area contributed by atoms with Crippen molar-refractivity contribution in [3.8, 4) is 5.75 Å². The van der Waals surface area contributed by atoms with E-state index in [9.17, 15) is 9.59 Å². The van der Waals surface area contributed by atoms with E-state index in [1.165, 1.54) is 0 Å². The molecule has 3 rings (SSSR count). The molecule has 0 aliphatic rings. The zero-order valence-corrected chi connectivity index (χ0v) is 17.2. The average Bonchev–Trinajstić information content (AvgIpc) is 3.09. The Balaban J connectivity index is 1.60. The minimum absolute atomic E-state index is 0.00442. The number of anilines is 2. The number of rotatable bonds is 7. The number of benzene rings is 2. The van der Waals surface area contributed by atoms with E-state index in [1.807, 2.05) is 31.2 Å². The summed E-state index contributed by atoms with van der Waals surface area (Å²) in [6.07, 6.45) is 0. The Morgan fingerprint density at radius 1 is 1.23 bits per heavy atom. The van der Waals surface area contributed by atoms with Crippen molar-refractivity contribution in [1.82, 2.24) is 20.3 Å². The maximum Gasteiger partial charge on any atom is 0.275 e. The molecule has 9 nitrogen and oxygen atoms in total. The number of nitrogen functional groups attached to an aromatic ring is 1. The summed E-state index contributed by atoms with van der Waals surface area (Å²) >= 11 is 6.06. The van der Waals surface area contributed by atoms with E-state index in [0.717, 1.165) is 15.8 Å². The van der Waals surface area contributed by atoms with Crippen LogP contribution in [0.15, 0.2) is 42.5 Å². The zero-order chi connectivity index (χ0) is 21.7. The third kappa shape index (κ3) is 5.06. The monoisotopic (exact) mass is 428 g/mol. The van der Waals surface area contributed by atoms with E-state index in [0.29, 0.717) is 16.5 Å². The van der Waals surface area contributed by atoms with E-state index in [1.54, 1.807) is 25.3 Å². The van der Waals surface area contributed by atoms with Gasteiger partial charge in [0.25, 0.3) is 5.91 Å². The van der Waals surface area contributed by atoms with Crippen LogP contribution in [-0.2, 0) is 17.9 Å². The van der Waals surface area contributed by atoms with Gasteiger partial charge in [0.05, 0.1) is 7.11 Å². The average molecular weight is 429 g/mol. The van der Waals surface area contributed by atoms with E-state index in [2.05, 4.69) is 20.9 Å². The van der Waals surface area contributed by atoms with Crippen LogP contribution in [0, 0.1) is 6.92 Å². The van der Waals surface area contributed by atoms with Gasteiger partial charge < -0.3 is 21.1 Å². The number of aryl methyl sites for hydroxylation is 1. The summed E-state index contributed by atoms with van der Waals surface area (Å²) < 4.78 is 6.32. The minimum Gasteiger partial charge on any atom is -0.497 e. The fraction of sp³-hybridized carbons (Fsp3) is 0.200. The Labute approximate surface area is 178 Å². The fourth-order valence-corrected chi connectivity index (χ4v) is 2.84. The van der Waals surface area contributed by atoms with Gasteiger partial charge in [-0.1, -0.05) is 35.0 Å². The molecular weight excluding hydrogens is 408 g/mol. The van der Waals surface area contributed by atoms with Gasteiger partial charge in [0.2, 0.25) is 5.91 Å². The van der Waals surface area contributed by atoms with Crippen LogP contribution in [0.25, 0.3) is 0 Å². The summed E-state index contributed by atoms with van der Waals surface area (Å²) in [5, 5.41) is 13.6. The number of methoxy groups -OCH3 is 1. The summed E-state index contributed by atoms with van der Waals surface area (Å²) in [6, 6.07) is 12.5. The molecule has 2 aromatic carbocycles. The maximum absolute atomic E-state index is 12.4. The van der Waals surface area contributed by atoms with Gasteiger partial charge >= 0.3 is 0 Å². The lowest BCUT2D eigenvalue weighted by Gasteiger charge is -2.08. The van der Waals surface area contributed by atoms with Gasteiger partial charge in [-0.2, -0.15) is 0 Å². The van der Waals surface area contributed by atoms with E-state index < -0.39 is 5.91 Å². The van der Waals surface area contributed by atoms with Crippen molar-refractivity contribution in [2.24, 2.45) is 0 Å². The van der Waals surface area contributed by atoms with Crippen molar-refractivity contribution in [3.05, 3.63) is 64.3 Å². The summed E-state index contributed by atoms with van der Waals surface area (Å²) in [7, 11) is 1.57. The van der Waals surface area contributed by atoms with Crippen molar-refractivity contribution in [2.45, 2.75) is 20.0 Å². The van der Waals surface area contributed by atoms with Gasteiger partial charge in [-0.15, -0.1) is 5.10 Å². The SMILES string of the molecule is COc1cccc(CNC(=O)c2nnn(CC(=O)Nc3ccc(C)c(Cl)c3)c2N)c1. The number of hydrogen-bond donors (Lipinski definition) is 3. The number of nitrogens with zero attached hydrogens (tertiary/aromatic N) is 3. The highest BCUT2D eigenvalue weighted by Gasteiger charge is 2.19. The standard InChI is InChI=1S/C20H21ClN6O3/c1-12-6-7-14(9-16(12)21)24-17(28)11-27-19(22)18(25-26-27)20(29)23-10-13-4-3-5-15(8-13)30-2/h3-9H,10-11,22H2,1-2H3,(H,23,29)(H,24,28). The second-order valence-electron chi connectivity index (χ2n) is 6.53. The number of amides is 2. The number of carbonyl (C=O) groups excluding carboxylic acids is 2. The molecule has 4 N–H and O–H groups in total. The molecule has 0 atom stereocenters. The predicted octanol–water partition coefficient (Wildman–Crippen LogP) is 2.40. The van der Waals surface area contributed by atoms with Gasteiger partial charge in [0.15, 0.2) is 11.5 Å². The molecule has 0 saturated heterocycles. The molecule has 0 spiro atoms. The van der Waals surface area contributed by atoms with Crippen LogP contribution in [0.3, 0.4) is 0 Å². The van der Waals surface area contributed by atoms with Crippen LogP contribution >= 0.6 is 11.6 Å². The maximum atomic E-state index is 12.4. The molecule has 3 aromatic rings. The van der Waals surface area contributed by atoms with Crippen molar-refractivity contribution >= 4 is 34.9 Å². The molecule has 0 bridgehead atoms. The first-order valence-electron chi connectivity index (χ1n) is 9.03. The Morgan fingerprint density at radius 3 is 2.77 bits per heavy atom. The first-order chi connectivity index (χ1) is 14.4. The molecule has 1 aromatic heterocycles. The number of carbonyl (C=O) groups is 2. The number of hydrogen-bond acceptors (Lipinski definition) is 6. The molecule has 2 amide bonds. The first-order valence-corrected chi connectivity index (χ1v) is 9.41. The normalized spacial score (nSPS) is 10.5. The molecule has 0 fully saturated rings. The van der Waals surface area contributed by atoms with Gasteiger partial charge in [-0.05, 0) is 42.3 Å². The molecule has 0 radical (unpaired) electrons. The molecule has 0 saturated carbocycles. The predicted molar refractivity (Wildman–Crippen MR) is 113 cm³/mol. The van der Waals surface area contributed by atoms with E-state index >= 15 is 0 Å². The van der Waals surface area contributed by atoms with E-state index in [4.69, 9.17) is 22.1 Å². The lowest BCUT2D eigenvalue weighted by atomic mass is 10.2. The molecule has 1 heterocycles. The number of aromatic nitrogens is 3. The van der Waals surface area contributed by atoms with Crippen molar-refractivity contribution in [2.75, 3.05) is 18.2 Å². The summed E-state index contributed by atoms with van der Waals surface area (Å²) in [6.45, 7) is 1.93. The van der Waals surface area contributed by atoms with Gasteiger partial charge in [0.1, 0.15) is 12.3 Å². The molecule has 0 aliphatic heterocycles. The Morgan fingerprint density at radius 2 is 2.03 bits per heavy atom. The molecular formula is C20H21ClN6O3. The lowest BCUT2D eigenvalue weighted by Crippen LogP contribution is -2.25. The molecule has 0 unspecified atom stereocenters. The van der Waals surface area contributed by atoms with Crippen LogP contribution in [0.5, 0.6) is 5.75 Å². The number of nitrogens with one attached hydrogen (secondary N) is 2. The quantitative estimate of drug-likeness (QED) is 0.530. The van der Waals surface area contributed by atoms with Crippen molar-refractivity contribution < 1.29 is 14.3 Å². The minimum atomic E-state index is -0.493. The van der Waals surface area contributed by atoms with Crippen molar-refractivity contribution in [3.63, 3.8) is 0 Å². The van der Waals surface area contributed by atoms with Crippen LogP contribution < -0.4 is 21.1 Å². The number of halogens is 1. The highest BCUT2D eigenvalue weighted by Crippen LogP contribution is 2.20. The van der Waals surface area contributed by atoms with Crippen LogP contribution in [-0.4, -0.2) is 33.9 Å². The highest BCUT2D eigenvalue weighted by atomic mass is 35.5. The first kappa shape index (κ1) is 21.1. The molecule has 30 heavy (non-hydrogen) atoms. The van der Waals surface area contributed by atoms with Gasteiger partial charge in [-0.25, -0.2) is 4.68 Å². The lowest BCUT2D eigenvalue weighted by molar-refractivity contribution is -0.116. The van der Waals surface area contributed by atoms with Crippen molar-refractivity contribution in [1.29, 1.82) is 0 Å². The van der Waals surface area contributed by atoms with Crippen LogP contribution in [0.4, 0.5) is 11.5 Å². The molecule has 10 heteroatoms. The Hall–Kier alpha value is -3.59. The second-order valence-corrected chi connectivity index (χ2v) is 6.93. The zero-order valence-electron chi connectivity index (χ0n) is 16.5. The smallest absolute Gasteiger partial charge is 0.275 e. The number of nitrogens with two attached hydrogens (primary N) is 1. The second kappa shape index (κ2) is 9.27. The largest absolute Gasteiger partial charge is 0.497 e. The molecule has 0 aliphatic carbocycles. The third-order valence-corrected chi connectivity index (χ3v) is 4.73. The Kier molecular flexibility index (Phi) is 6.53. The number of ether oxygens (including phenoxy) is 1. The fourth-order valence-electron chi connectivity index (χ4n) is 2.65. The highest BCUT2D eigenvalue weighted by molar-refractivity contribution is 6.31. The topological polar surface area (TPSA) is 124 Å². The third-order valence-electron chi connectivity index (χ3n) is 4.32. The van der Waals surface area contributed by atoms with E-state index in [-0.39, 0.29) is 30.5 Å².